The summed E-state index contributed by atoms with van der Waals surface area (Å²) in [6.07, 6.45) is -2.00. The molecule has 1 heterocycles. The Hall–Kier alpha value is -2.31. The maximum atomic E-state index is 13.2. The Bertz CT molecular complexity index is 649. The number of carbonyl (C=O) groups is 1. The van der Waals surface area contributed by atoms with E-state index in [-0.39, 0.29) is 11.1 Å². The van der Waals surface area contributed by atoms with Gasteiger partial charge in [-0.3, -0.25) is 9.48 Å². The lowest BCUT2D eigenvalue weighted by Crippen LogP contribution is -2.38. The summed E-state index contributed by atoms with van der Waals surface area (Å²) in [4.78, 5) is 11.9. The van der Waals surface area contributed by atoms with Gasteiger partial charge in [-0.2, -0.15) is 18.3 Å². The van der Waals surface area contributed by atoms with Gasteiger partial charge in [-0.15, -0.1) is 0 Å². The lowest BCUT2D eigenvalue weighted by Gasteiger charge is -2.22. The van der Waals surface area contributed by atoms with Gasteiger partial charge in [-0.1, -0.05) is 29.8 Å². The molecule has 0 spiro atoms. The molecule has 1 atom stereocenters. The summed E-state index contributed by atoms with van der Waals surface area (Å²) in [6, 6.07) is 3.92. The number of alkyl halides is 3. The molecular formula is C14H14F3N3O. The minimum absolute atomic E-state index is 0.000240. The predicted octanol–water partition coefficient (Wildman–Crippen LogP) is 2.76. The van der Waals surface area contributed by atoms with Crippen molar-refractivity contribution in [3.05, 3.63) is 53.3 Å². The smallest absolute Gasteiger partial charge is 0.337 e. The number of aromatic nitrogens is 2. The summed E-state index contributed by atoms with van der Waals surface area (Å²) in [7, 11) is 1.58. The summed E-state index contributed by atoms with van der Waals surface area (Å²) < 4.78 is 40.9. The van der Waals surface area contributed by atoms with Crippen LogP contribution in [0.5, 0.6) is 0 Å². The molecule has 0 aliphatic carbocycles. The molecule has 1 aromatic heterocycles. The average molecular weight is 297 g/mol. The second-order valence-electron chi connectivity index (χ2n) is 4.76. The summed E-state index contributed by atoms with van der Waals surface area (Å²) >= 11 is 0. The van der Waals surface area contributed by atoms with Gasteiger partial charge in [0, 0.05) is 13.2 Å². The van der Waals surface area contributed by atoms with Crippen molar-refractivity contribution in [2.24, 2.45) is 7.05 Å². The number of amides is 1. The number of rotatable bonds is 3. The number of hydrogen-bond acceptors (Lipinski definition) is 2. The fourth-order valence-corrected chi connectivity index (χ4v) is 1.96. The molecule has 1 amide bonds. The summed E-state index contributed by atoms with van der Waals surface area (Å²) in [5.74, 6) is -0.813. The van der Waals surface area contributed by atoms with E-state index in [1.165, 1.54) is 35.3 Å². The fraction of sp³-hybridized carbons (Fsp3) is 0.286. The van der Waals surface area contributed by atoms with Gasteiger partial charge < -0.3 is 5.32 Å². The van der Waals surface area contributed by atoms with Crippen molar-refractivity contribution in [2.75, 3.05) is 0 Å². The molecule has 2 aromatic rings. The van der Waals surface area contributed by atoms with E-state index in [4.69, 9.17) is 0 Å². The van der Waals surface area contributed by atoms with E-state index in [0.717, 1.165) is 0 Å². The highest BCUT2D eigenvalue weighted by molar-refractivity contribution is 5.94. The first-order chi connectivity index (χ1) is 9.77. The third-order valence-electron chi connectivity index (χ3n) is 2.95. The topological polar surface area (TPSA) is 46.9 Å². The van der Waals surface area contributed by atoms with Crippen LogP contribution in [0.3, 0.4) is 0 Å². The van der Waals surface area contributed by atoms with Gasteiger partial charge >= 0.3 is 6.18 Å². The van der Waals surface area contributed by atoms with Gasteiger partial charge in [0.2, 0.25) is 0 Å². The van der Waals surface area contributed by atoms with Crippen LogP contribution in [0.15, 0.2) is 36.7 Å². The molecule has 112 valence electrons. The first-order valence-corrected chi connectivity index (χ1v) is 6.20. The molecule has 0 saturated heterocycles. The first kappa shape index (κ1) is 15.1. The molecule has 0 bridgehead atoms. The van der Waals surface area contributed by atoms with E-state index in [2.05, 4.69) is 5.10 Å². The Kier molecular flexibility index (Phi) is 4.02. The normalized spacial score (nSPS) is 13.0. The van der Waals surface area contributed by atoms with Crippen molar-refractivity contribution in [2.45, 2.75) is 19.1 Å². The molecule has 21 heavy (non-hydrogen) atoms. The summed E-state index contributed by atoms with van der Waals surface area (Å²) in [5.41, 5.74) is 0.775. The Morgan fingerprint density at radius 3 is 2.62 bits per heavy atom. The van der Waals surface area contributed by atoms with Crippen LogP contribution in [-0.4, -0.2) is 21.9 Å². The molecule has 2 rings (SSSR count). The molecule has 0 saturated carbocycles. The van der Waals surface area contributed by atoms with Crippen molar-refractivity contribution in [3.63, 3.8) is 0 Å². The zero-order valence-electron chi connectivity index (χ0n) is 11.5. The Morgan fingerprint density at radius 2 is 2.10 bits per heavy atom. The molecule has 0 unspecified atom stereocenters. The van der Waals surface area contributed by atoms with Crippen molar-refractivity contribution >= 4 is 5.91 Å². The standard InChI is InChI=1S/C14H14F3N3O/c1-9-4-3-5-10(6-9)12(14(15,16)17)19-13(21)11-7-18-20(2)8-11/h3-8,12H,1-2H3,(H,19,21)/t12-/m1/s1. The minimum Gasteiger partial charge on any atom is -0.337 e. The van der Waals surface area contributed by atoms with Gasteiger partial charge in [0.1, 0.15) is 0 Å². The predicted molar refractivity (Wildman–Crippen MR) is 70.6 cm³/mol. The maximum Gasteiger partial charge on any atom is 0.412 e. The molecule has 0 fully saturated rings. The number of halogens is 3. The van der Waals surface area contributed by atoms with Crippen LogP contribution in [-0.2, 0) is 7.05 Å². The Labute approximate surface area is 119 Å². The quantitative estimate of drug-likeness (QED) is 0.947. The van der Waals surface area contributed by atoms with Crippen LogP contribution in [0, 0.1) is 6.92 Å². The highest BCUT2D eigenvalue weighted by Gasteiger charge is 2.42. The number of hydrogen-bond donors (Lipinski definition) is 1. The first-order valence-electron chi connectivity index (χ1n) is 6.20. The zero-order valence-corrected chi connectivity index (χ0v) is 11.5. The van der Waals surface area contributed by atoms with Gasteiger partial charge in [0.05, 0.1) is 11.8 Å². The number of nitrogens with one attached hydrogen (secondary N) is 1. The SMILES string of the molecule is Cc1cccc([C@@H](NC(=O)c2cnn(C)c2)C(F)(F)F)c1. The van der Waals surface area contributed by atoms with E-state index in [9.17, 15) is 18.0 Å². The van der Waals surface area contributed by atoms with E-state index >= 15 is 0 Å². The van der Waals surface area contributed by atoms with Crippen LogP contribution in [0.2, 0.25) is 0 Å². The lowest BCUT2D eigenvalue weighted by atomic mass is 10.0. The lowest BCUT2D eigenvalue weighted by molar-refractivity contribution is -0.155. The van der Waals surface area contributed by atoms with E-state index in [1.54, 1.807) is 20.0 Å². The third-order valence-corrected chi connectivity index (χ3v) is 2.95. The second-order valence-corrected chi connectivity index (χ2v) is 4.76. The molecule has 0 radical (unpaired) electrons. The van der Waals surface area contributed by atoms with Crippen LogP contribution in [0.1, 0.15) is 27.5 Å². The summed E-state index contributed by atoms with van der Waals surface area (Å²) in [6.45, 7) is 1.69. The van der Waals surface area contributed by atoms with Gasteiger partial charge in [-0.25, -0.2) is 0 Å². The maximum absolute atomic E-state index is 13.2. The number of benzene rings is 1. The average Bonchev–Trinajstić information content (AvgIpc) is 2.81. The zero-order chi connectivity index (χ0) is 15.6. The third kappa shape index (κ3) is 3.62. The molecule has 7 heteroatoms. The number of nitrogens with zero attached hydrogens (tertiary/aromatic N) is 2. The second kappa shape index (κ2) is 5.59. The van der Waals surface area contributed by atoms with Crippen molar-refractivity contribution in [1.29, 1.82) is 0 Å². The Morgan fingerprint density at radius 1 is 1.38 bits per heavy atom. The van der Waals surface area contributed by atoms with Gasteiger partial charge in [0.15, 0.2) is 6.04 Å². The Balaban J connectivity index is 2.28. The molecule has 1 aromatic carbocycles. The molecule has 0 aliphatic rings. The van der Waals surface area contributed by atoms with E-state index in [1.807, 2.05) is 5.32 Å². The minimum atomic E-state index is -4.58. The largest absolute Gasteiger partial charge is 0.412 e. The number of aryl methyl sites for hydroxylation is 2. The van der Waals surface area contributed by atoms with Gasteiger partial charge in [-0.05, 0) is 12.5 Å². The number of carbonyl (C=O) groups excluding carboxylic acids is 1. The van der Waals surface area contributed by atoms with Crippen LogP contribution in [0.25, 0.3) is 0 Å². The fourth-order valence-electron chi connectivity index (χ4n) is 1.96. The highest BCUT2D eigenvalue weighted by atomic mass is 19.4. The van der Waals surface area contributed by atoms with Crippen LogP contribution in [0.4, 0.5) is 13.2 Å². The highest BCUT2D eigenvalue weighted by Crippen LogP contribution is 2.33. The molecule has 1 N–H and O–H groups in total. The monoisotopic (exact) mass is 297 g/mol. The van der Waals surface area contributed by atoms with E-state index < -0.39 is 18.1 Å². The summed E-state index contributed by atoms with van der Waals surface area (Å²) in [5, 5.41) is 5.78. The molecule has 4 nitrogen and oxygen atoms in total. The molecular weight excluding hydrogens is 283 g/mol. The van der Waals surface area contributed by atoms with Crippen molar-refractivity contribution in [3.8, 4) is 0 Å². The van der Waals surface area contributed by atoms with Crippen LogP contribution < -0.4 is 5.32 Å². The van der Waals surface area contributed by atoms with E-state index in [0.29, 0.717) is 5.56 Å². The van der Waals surface area contributed by atoms with Crippen molar-refractivity contribution in [1.82, 2.24) is 15.1 Å². The van der Waals surface area contributed by atoms with Crippen LogP contribution >= 0.6 is 0 Å². The van der Waals surface area contributed by atoms with Gasteiger partial charge in [0.25, 0.3) is 5.91 Å². The molecule has 0 aliphatic heterocycles. The van der Waals surface area contributed by atoms with Crippen molar-refractivity contribution < 1.29 is 18.0 Å².